The summed E-state index contributed by atoms with van der Waals surface area (Å²) in [4.78, 5) is 32.1. The minimum absolute atomic E-state index is 0.116. The molecule has 224 valence electrons. The number of carbonyl (C=O) groups excluding carboxylic acids is 2. The molecule has 2 amide bonds. The molecule has 2 aliphatic carbocycles. The molecule has 3 heterocycles. The number of hydrogen-bond acceptors (Lipinski definition) is 7. The van der Waals surface area contributed by atoms with Crippen LogP contribution >= 0.6 is 0 Å². The molecule has 3 N–H and O–H groups in total. The first-order chi connectivity index (χ1) is 19.5. The van der Waals surface area contributed by atoms with Crippen molar-refractivity contribution >= 4 is 11.8 Å². The van der Waals surface area contributed by atoms with E-state index in [0.717, 1.165) is 19.0 Å². The van der Waals surface area contributed by atoms with Gasteiger partial charge >= 0.3 is 6.18 Å². The third kappa shape index (κ3) is 5.76. The number of aliphatic hydroxyl groups is 1. The molecule has 0 aromatic carbocycles. The van der Waals surface area contributed by atoms with Crippen molar-refractivity contribution in [3.8, 4) is 17.1 Å². The Morgan fingerprint density at radius 2 is 1.93 bits per heavy atom. The van der Waals surface area contributed by atoms with Crippen molar-refractivity contribution in [2.45, 2.75) is 74.7 Å². The molecule has 2 aromatic rings. The number of ether oxygens (including phenoxy) is 2. The molecular weight excluding hydrogens is 550 g/mol. The Morgan fingerprint density at radius 3 is 2.56 bits per heavy atom. The van der Waals surface area contributed by atoms with Gasteiger partial charge in [-0.1, -0.05) is 0 Å². The molecule has 3 aliphatic rings. The fourth-order valence-corrected chi connectivity index (χ4v) is 6.10. The average molecular weight is 584 g/mol. The Morgan fingerprint density at radius 1 is 1.20 bits per heavy atom. The molecule has 0 radical (unpaired) electrons. The van der Waals surface area contributed by atoms with Crippen LogP contribution in [0.1, 0.15) is 61.9 Å². The van der Waals surface area contributed by atoms with Gasteiger partial charge in [0.2, 0.25) is 11.8 Å². The maximum Gasteiger partial charge on any atom is 0.417 e. The number of carbonyl (C=O) groups is 2. The quantitative estimate of drug-likeness (QED) is 0.407. The number of aliphatic hydroxyl groups excluding tert-OH is 1. The van der Waals surface area contributed by atoms with E-state index in [1.807, 2.05) is 0 Å². The maximum absolute atomic E-state index is 14.4. The lowest BCUT2D eigenvalue weighted by Gasteiger charge is -2.42. The number of aromatic amines is 1. The summed E-state index contributed by atoms with van der Waals surface area (Å²) in [6.07, 6.45) is -1.57. The first-order valence-electron chi connectivity index (χ1n) is 13.7. The molecule has 1 spiro atoms. The first kappa shape index (κ1) is 29.2. The van der Waals surface area contributed by atoms with Crippen LogP contribution in [0.4, 0.5) is 17.6 Å². The number of nitrogens with zero attached hydrogens (tertiary/aromatic N) is 3. The van der Waals surface area contributed by atoms with E-state index in [2.05, 4.69) is 20.5 Å². The lowest BCUT2D eigenvalue weighted by atomic mass is 9.80. The summed E-state index contributed by atoms with van der Waals surface area (Å²) in [5.74, 6) is -1.28. The van der Waals surface area contributed by atoms with E-state index in [9.17, 15) is 27.2 Å². The molecule has 3 fully saturated rings. The van der Waals surface area contributed by atoms with Crippen LogP contribution in [-0.4, -0.2) is 87.2 Å². The van der Waals surface area contributed by atoms with Crippen molar-refractivity contribution in [3.63, 3.8) is 0 Å². The predicted molar refractivity (Wildman–Crippen MR) is 136 cm³/mol. The molecule has 10 nitrogen and oxygen atoms in total. The number of H-pyrrole nitrogens is 1. The zero-order valence-electron chi connectivity index (χ0n) is 22.6. The van der Waals surface area contributed by atoms with Gasteiger partial charge in [0, 0.05) is 35.7 Å². The molecule has 0 bridgehead atoms. The third-order valence-electron chi connectivity index (χ3n) is 8.60. The van der Waals surface area contributed by atoms with Crippen molar-refractivity contribution < 1.29 is 41.7 Å². The highest BCUT2D eigenvalue weighted by Gasteiger charge is 2.58. The second-order valence-corrected chi connectivity index (χ2v) is 11.1. The molecule has 2 aromatic heterocycles. The highest BCUT2D eigenvalue weighted by Crippen LogP contribution is 2.51. The van der Waals surface area contributed by atoms with Gasteiger partial charge in [-0.25, -0.2) is 9.37 Å². The van der Waals surface area contributed by atoms with Crippen LogP contribution in [0.2, 0.25) is 0 Å². The monoisotopic (exact) mass is 583 g/mol. The summed E-state index contributed by atoms with van der Waals surface area (Å²) in [6.45, 7) is -0.570. The number of pyridine rings is 1. The number of aromatic nitrogens is 3. The van der Waals surface area contributed by atoms with Crippen LogP contribution < -0.4 is 10.1 Å². The smallest absolute Gasteiger partial charge is 0.417 e. The Hall–Kier alpha value is -3.26. The maximum atomic E-state index is 14.4. The minimum Gasteiger partial charge on any atom is -0.481 e. The van der Waals surface area contributed by atoms with Crippen molar-refractivity contribution in [1.29, 1.82) is 0 Å². The van der Waals surface area contributed by atoms with Crippen LogP contribution in [-0.2, 0) is 9.53 Å². The molecule has 1 saturated heterocycles. The van der Waals surface area contributed by atoms with Crippen LogP contribution in [0.25, 0.3) is 11.3 Å². The van der Waals surface area contributed by atoms with Crippen LogP contribution in [0.3, 0.4) is 0 Å². The normalized spacial score (nSPS) is 25.7. The molecule has 1 atom stereocenters. The number of alkyl halides is 3. The van der Waals surface area contributed by atoms with Crippen LogP contribution in [0.15, 0.2) is 18.3 Å². The zero-order valence-corrected chi connectivity index (χ0v) is 22.6. The summed E-state index contributed by atoms with van der Waals surface area (Å²) >= 11 is 0. The van der Waals surface area contributed by atoms with Gasteiger partial charge in [0.1, 0.15) is 0 Å². The topological polar surface area (TPSA) is 130 Å². The number of halogens is 4. The van der Waals surface area contributed by atoms with Gasteiger partial charge in [-0.05, 0) is 57.4 Å². The van der Waals surface area contributed by atoms with Gasteiger partial charge in [-0.3, -0.25) is 14.7 Å². The number of nitrogens with one attached hydrogen (secondary N) is 2. The third-order valence-corrected chi connectivity index (χ3v) is 8.60. The fourth-order valence-electron chi connectivity index (χ4n) is 6.10. The SMILES string of the molecule is COc1cc(-c2cc(C(=O)N3CC[C@@H](C(=O)N[C@H]4CC[C@@](OCCO)(C(F)(F)F)CC4)CC34CC4)n[nH]2)c(F)cn1. The van der Waals surface area contributed by atoms with Gasteiger partial charge in [0.25, 0.3) is 5.91 Å². The highest BCUT2D eigenvalue weighted by atomic mass is 19.4. The van der Waals surface area contributed by atoms with Crippen molar-refractivity contribution in [1.82, 2.24) is 25.4 Å². The molecule has 2 saturated carbocycles. The fraction of sp³-hybridized carbons (Fsp3) is 0.630. The number of piperidine rings is 1. The predicted octanol–water partition coefficient (Wildman–Crippen LogP) is 3.37. The van der Waals surface area contributed by atoms with Crippen LogP contribution in [0.5, 0.6) is 5.88 Å². The summed E-state index contributed by atoms with van der Waals surface area (Å²) < 4.78 is 65.5. The van der Waals surface area contributed by atoms with E-state index in [-0.39, 0.29) is 60.6 Å². The van der Waals surface area contributed by atoms with E-state index in [4.69, 9.17) is 14.6 Å². The summed E-state index contributed by atoms with van der Waals surface area (Å²) in [5.41, 5.74) is -2.19. The average Bonchev–Trinajstić information content (AvgIpc) is 3.53. The largest absolute Gasteiger partial charge is 0.481 e. The van der Waals surface area contributed by atoms with Crippen molar-refractivity contribution in [2.75, 3.05) is 26.9 Å². The van der Waals surface area contributed by atoms with E-state index < -0.39 is 42.4 Å². The van der Waals surface area contributed by atoms with Gasteiger partial charge in [-0.2, -0.15) is 18.3 Å². The van der Waals surface area contributed by atoms with E-state index in [1.54, 1.807) is 4.90 Å². The van der Waals surface area contributed by atoms with Gasteiger partial charge in [0.05, 0.1) is 32.2 Å². The number of likely N-dealkylation sites (tertiary alicyclic amines) is 1. The van der Waals surface area contributed by atoms with Gasteiger partial charge in [-0.15, -0.1) is 0 Å². The van der Waals surface area contributed by atoms with Crippen LogP contribution in [0, 0.1) is 11.7 Å². The number of methoxy groups -OCH3 is 1. The zero-order chi connectivity index (χ0) is 29.4. The molecule has 14 heteroatoms. The minimum atomic E-state index is -4.57. The lowest BCUT2D eigenvalue weighted by Crippen LogP contribution is -2.55. The number of hydrogen-bond donors (Lipinski definition) is 3. The number of rotatable bonds is 8. The Bertz CT molecular complexity index is 1270. The summed E-state index contributed by atoms with van der Waals surface area (Å²) in [6, 6.07) is 2.48. The van der Waals surface area contributed by atoms with Gasteiger partial charge in [0.15, 0.2) is 17.1 Å². The van der Waals surface area contributed by atoms with E-state index in [1.165, 1.54) is 19.2 Å². The second kappa shape index (κ2) is 11.2. The van der Waals surface area contributed by atoms with Gasteiger partial charge < -0.3 is 24.8 Å². The summed E-state index contributed by atoms with van der Waals surface area (Å²) in [7, 11) is 1.41. The second-order valence-electron chi connectivity index (χ2n) is 11.1. The van der Waals surface area contributed by atoms with Crippen molar-refractivity contribution in [3.05, 3.63) is 29.8 Å². The molecule has 41 heavy (non-hydrogen) atoms. The molecule has 0 unspecified atom stereocenters. The highest BCUT2D eigenvalue weighted by molar-refractivity contribution is 5.94. The lowest BCUT2D eigenvalue weighted by molar-refractivity contribution is -0.290. The first-order valence-corrected chi connectivity index (χ1v) is 13.7. The Kier molecular flexibility index (Phi) is 7.99. The molecule has 1 aliphatic heterocycles. The standard InChI is InChI=1S/C27H33F4N5O5/c1-40-22-12-18(19(28)15-32-22)20-13-21(35-34-20)24(39)36-9-4-16(14-25(36)7-8-25)23(38)33-17-2-5-26(6-3-17,27(29,30)31)41-11-10-37/h12-13,15-17,37H,2-11,14H2,1H3,(H,33,38)(H,34,35)/t16-,17-,26-/m1/s1. The van der Waals surface area contributed by atoms with Crippen molar-refractivity contribution in [2.24, 2.45) is 5.92 Å². The Labute approximate surface area is 233 Å². The molecule has 5 rings (SSSR count). The van der Waals surface area contributed by atoms with E-state index >= 15 is 0 Å². The summed E-state index contributed by atoms with van der Waals surface area (Å²) in [5, 5.41) is 18.7. The Balaban J connectivity index is 1.19. The van der Waals surface area contributed by atoms with E-state index in [0.29, 0.717) is 25.1 Å². The molecular formula is C27H33F4N5O5. The number of amides is 2.